The first-order valence-electron chi connectivity index (χ1n) is 8.20. The van der Waals surface area contributed by atoms with Crippen LogP contribution in [0.3, 0.4) is 0 Å². The predicted molar refractivity (Wildman–Crippen MR) is 93.5 cm³/mol. The lowest BCUT2D eigenvalue weighted by atomic mass is 9.89. The van der Waals surface area contributed by atoms with Crippen LogP contribution in [0.25, 0.3) is 11.0 Å². The number of hydrogen-bond donors (Lipinski definition) is 1. The third kappa shape index (κ3) is 2.27. The highest BCUT2D eigenvalue weighted by Crippen LogP contribution is 2.42. The molecule has 0 bridgehead atoms. The summed E-state index contributed by atoms with van der Waals surface area (Å²) in [5.74, 6) is -0.727. The minimum absolute atomic E-state index is 0.148. The zero-order valence-corrected chi connectivity index (χ0v) is 13.7. The minimum atomic E-state index is -1.86. The number of para-hydroxylation sites is 2. The molecule has 0 aliphatic carbocycles. The van der Waals surface area contributed by atoms with E-state index in [2.05, 4.69) is 0 Å². The molecule has 3 aromatic rings. The summed E-state index contributed by atoms with van der Waals surface area (Å²) < 4.78 is 5.58. The van der Waals surface area contributed by atoms with Crippen LogP contribution in [0.2, 0.25) is 0 Å². The topological polar surface area (TPSA) is 70.8 Å². The number of hydrogen-bond acceptors (Lipinski definition) is 4. The fourth-order valence-electron chi connectivity index (χ4n) is 3.43. The van der Waals surface area contributed by atoms with Crippen molar-refractivity contribution < 1.29 is 19.1 Å². The Balaban J connectivity index is 1.71. The van der Waals surface area contributed by atoms with E-state index in [1.807, 2.05) is 31.2 Å². The van der Waals surface area contributed by atoms with Crippen molar-refractivity contribution in [3.8, 4) is 0 Å². The first-order chi connectivity index (χ1) is 12.0. The highest BCUT2D eigenvalue weighted by molar-refractivity contribution is 6.10. The number of Topliss-reactive ketones (excluding diaryl/α,β-unsaturated/α-hetero) is 1. The lowest BCUT2D eigenvalue weighted by molar-refractivity contribution is -0.135. The average Bonchev–Trinajstić information content (AvgIpc) is 3.14. The molecule has 1 atom stereocenters. The molecule has 0 unspecified atom stereocenters. The first-order valence-corrected chi connectivity index (χ1v) is 8.20. The third-order valence-corrected chi connectivity index (χ3v) is 4.67. The lowest BCUT2D eigenvalue weighted by Gasteiger charge is -2.21. The minimum Gasteiger partial charge on any atom is -0.453 e. The van der Waals surface area contributed by atoms with Crippen molar-refractivity contribution in [1.82, 2.24) is 0 Å². The molecule has 2 heterocycles. The number of likely N-dealkylation sites (N-methyl/N-ethyl adjacent to an activating group) is 1. The molecule has 1 aliphatic rings. The van der Waals surface area contributed by atoms with Crippen LogP contribution in [0, 0.1) is 0 Å². The van der Waals surface area contributed by atoms with Crippen LogP contribution in [0.4, 0.5) is 5.69 Å². The molecular formula is C20H17NO4. The van der Waals surface area contributed by atoms with Crippen LogP contribution in [-0.4, -0.2) is 23.3 Å². The highest BCUT2D eigenvalue weighted by Gasteiger charge is 2.50. The Bertz CT molecular complexity index is 957. The van der Waals surface area contributed by atoms with Gasteiger partial charge in [0.05, 0.1) is 12.1 Å². The van der Waals surface area contributed by atoms with E-state index in [0.29, 0.717) is 23.4 Å². The van der Waals surface area contributed by atoms with Crippen molar-refractivity contribution in [2.24, 2.45) is 0 Å². The summed E-state index contributed by atoms with van der Waals surface area (Å²) in [4.78, 5) is 26.9. The maximum Gasteiger partial charge on any atom is 0.264 e. The number of anilines is 1. The molecule has 0 saturated heterocycles. The number of aliphatic hydroxyl groups is 1. The van der Waals surface area contributed by atoms with Crippen LogP contribution in [-0.2, 0) is 10.4 Å². The van der Waals surface area contributed by atoms with Crippen molar-refractivity contribution in [2.75, 3.05) is 11.4 Å². The van der Waals surface area contributed by atoms with Crippen molar-refractivity contribution in [3.05, 3.63) is 65.9 Å². The molecule has 0 fully saturated rings. The van der Waals surface area contributed by atoms with Crippen molar-refractivity contribution >= 4 is 28.3 Å². The quantitative estimate of drug-likeness (QED) is 0.743. The Morgan fingerprint density at radius 1 is 1.16 bits per heavy atom. The summed E-state index contributed by atoms with van der Waals surface area (Å²) >= 11 is 0. The number of furan rings is 1. The smallest absolute Gasteiger partial charge is 0.264 e. The van der Waals surface area contributed by atoms with Gasteiger partial charge in [-0.2, -0.15) is 0 Å². The number of fused-ring (bicyclic) bond motifs is 2. The molecule has 0 saturated carbocycles. The third-order valence-electron chi connectivity index (χ3n) is 4.67. The second kappa shape index (κ2) is 5.57. The van der Waals surface area contributed by atoms with Gasteiger partial charge in [-0.3, -0.25) is 9.59 Å². The largest absolute Gasteiger partial charge is 0.453 e. The van der Waals surface area contributed by atoms with Crippen LogP contribution >= 0.6 is 0 Å². The molecule has 5 nitrogen and oxygen atoms in total. The number of nitrogens with zero attached hydrogens (tertiary/aromatic N) is 1. The number of amides is 1. The summed E-state index contributed by atoms with van der Waals surface area (Å²) in [6.07, 6.45) is -0.348. The fraction of sp³-hybridized carbons (Fsp3) is 0.200. The van der Waals surface area contributed by atoms with E-state index in [1.54, 1.807) is 30.3 Å². The van der Waals surface area contributed by atoms with Crippen LogP contribution < -0.4 is 4.90 Å². The van der Waals surface area contributed by atoms with Gasteiger partial charge in [0.1, 0.15) is 5.58 Å². The van der Waals surface area contributed by atoms with Gasteiger partial charge < -0.3 is 14.4 Å². The van der Waals surface area contributed by atoms with Crippen molar-refractivity contribution in [3.63, 3.8) is 0 Å². The number of ketones is 1. The Morgan fingerprint density at radius 2 is 1.88 bits per heavy atom. The van der Waals surface area contributed by atoms with E-state index >= 15 is 0 Å². The van der Waals surface area contributed by atoms with Crippen LogP contribution in [0.15, 0.2) is 59.0 Å². The van der Waals surface area contributed by atoms with Crippen molar-refractivity contribution in [2.45, 2.75) is 18.9 Å². The monoisotopic (exact) mass is 335 g/mol. The zero-order valence-electron chi connectivity index (χ0n) is 13.7. The molecule has 0 spiro atoms. The van der Waals surface area contributed by atoms with Gasteiger partial charge in [0.2, 0.25) is 5.78 Å². The maximum absolute atomic E-state index is 12.7. The van der Waals surface area contributed by atoms with E-state index < -0.39 is 17.3 Å². The van der Waals surface area contributed by atoms with E-state index in [9.17, 15) is 14.7 Å². The van der Waals surface area contributed by atoms with Gasteiger partial charge in [0.25, 0.3) is 5.91 Å². The standard InChI is InChI=1S/C20H17NO4/c1-2-21-15-9-5-4-8-14(15)20(24,19(21)23)12-16(22)18-11-13-7-3-6-10-17(13)25-18/h3-11,24H,2,12H2,1H3/t20-/m0/s1. The fourth-order valence-corrected chi connectivity index (χ4v) is 3.43. The van der Waals surface area contributed by atoms with E-state index in [-0.39, 0.29) is 12.2 Å². The Morgan fingerprint density at radius 3 is 2.64 bits per heavy atom. The molecule has 1 aliphatic heterocycles. The van der Waals surface area contributed by atoms with Gasteiger partial charge in [-0.05, 0) is 25.1 Å². The molecule has 25 heavy (non-hydrogen) atoms. The Labute approximate surface area is 144 Å². The normalized spacial score (nSPS) is 19.4. The van der Waals surface area contributed by atoms with Gasteiger partial charge in [-0.25, -0.2) is 0 Å². The van der Waals surface area contributed by atoms with E-state index in [1.165, 1.54) is 4.90 Å². The molecule has 1 amide bonds. The molecule has 126 valence electrons. The van der Waals surface area contributed by atoms with Gasteiger partial charge in [-0.15, -0.1) is 0 Å². The second-order valence-electron chi connectivity index (χ2n) is 6.18. The maximum atomic E-state index is 12.7. The first kappa shape index (κ1) is 15.6. The zero-order chi connectivity index (χ0) is 17.6. The van der Waals surface area contributed by atoms with Gasteiger partial charge in [0.15, 0.2) is 11.4 Å². The molecular weight excluding hydrogens is 318 g/mol. The van der Waals surface area contributed by atoms with Crippen molar-refractivity contribution in [1.29, 1.82) is 0 Å². The number of benzene rings is 2. The van der Waals surface area contributed by atoms with Crippen LogP contribution in [0.1, 0.15) is 29.5 Å². The summed E-state index contributed by atoms with van der Waals surface area (Å²) in [6.45, 7) is 2.26. The Kier molecular flexibility index (Phi) is 3.47. The highest BCUT2D eigenvalue weighted by atomic mass is 16.3. The lowest BCUT2D eigenvalue weighted by Crippen LogP contribution is -2.41. The summed E-state index contributed by atoms with van der Waals surface area (Å²) in [6, 6.07) is 16.0. The molecule has 0 radical (unpaired) electrons. The van der Waals surface area contributed by atoms with Crippen LogP contribution in [0.5, 0.6) is 0 Å². The SMILES string of the molecule is CCN1C(=O)[C@](O)(CC(=O)c2cc3ccccc3o2)c2ccccc21. The van der Waals surface area contributed by atoms with Gasteiger partial charge >= 0.3 is 0 Å². The molecule has 5 heteroatoms. The molecule has 1 N–H and O–H groups in total. The van der Waals surface area contributed by atoms with E-state index in [0.717, 1.165) is 5.39 Å². The summed E-state index contributed by atoms with van der Waals surface area (Å²) in [5.41, 5.74) is -0.143. The van der Waals surface area contributed by atoms with E-state index in [4.69, 9.17) is 4.42 Å². The molecule has 4 rings (SSSR count). The molecule has 1 aromatic heterocycles. The molecule has 2 aromatic carbocycles. The average molecular weight is 335 g/mol. The Hall–Kier alpha value is -2.92. The summed E-state index contributed by atoms with van der Waals surface area (Å²) in [5, 5.41) is 11.9. The van der Waals surface area contributed by atoms with Gasteiger partial charge in [-0.1, -0.05) is 36.4 Å². The summed E-state index contributed by atoms with van der Waals surface area (Å²) in [7, 11) is 0. The predicted octanol–water partition coefficient (Wildman–Crippen LogP) is 3.26. The number of carbonyl (C=O) groups excluding carboxylic acids is 2. The van der Waals surface area contributed by atoms with Gasteiger partial charge in [0, 0.05) is 17.5 Å². The number of carbonyl (C=O) groups is 2. The number of rotatable bonds is 4. The second-order valence-corrected chi connectivity index (χ2v) is 6.18.